The maximum absolute atomic E-state index is 11.0. The van der Waals surface area contributed by atoms with E-state index in [2.05, 4.69) is 27.9 Å². The number of nitro benzene ring substituents is 1. The lowest BCUT2D eigenvalue weighted by Gasteiger charge is -2.10. The van der Waals surface area contributed by atoms with Gasteiger partial charge < -0.3 is 10.1 Å². The van der Waals surface area contributed by atoms with E-state index >= 15 is 0 Å². The molecule has 0 amide bonds. The monoisotopic (exact) mass is 418 g/mol. The van der Waals surface area contributed by atoms with Crippen LogP contribution in [-0.4, -0.2) is 12.0 Å². The molecule has 1 N–H and O–H groups in total. The summed E-state index contributed by atoms with van der Waals surface area (Å²) in [5, 5.41) is 14.9. The normalized spacial score (nSPS) is 10.2. The molecule has 0 heterocycles. The summed E-state index contributed by atoms with van der Waals surface area (Å²) >= 11 is 8.08. The molecule has 0 aliphatic carbocycles. The lowest BCUT2D eigenvalue weighted by Crippen LogP contribution is -2.02. The lowest BCUT2D eigenvalue weighted by molar-refractivity contribution is -0.385. The van der Waals surface area contributed by atoms with Crippen LogP contribution in [0.15, 0.2) is 36.4 Å². The Morgan fingerprint density at radius 1 is 1.33 bits per heavy atom. The molecule has 0 spiro atoms. The van der Waals surface area contributed by atoms with Crippen molar-refractivity contribution in [3.63, 3.8) is 0 Å². The highest BCUT2D eigenvalue weighted by molar-refractivity contribution is 14.1. The number of anilines is 1. The van der Waals surface area contributed by atoms with Crippen molar-refractivity contribution >= 4 is 45.6 Å². The summed E-state index contributed by atoms with van der Waals surface area (Å²) in [6, 6.07) is 10.4. The summed E-state index contributed by atoms with van der Waals surface area (Å²) in [4.78, 5) is 10.5. The first kappa shape index (κ1) is 15.8. The number of ether oxygens (including phenoxy) is 1. The van der Waals surface area contributed by atoms with Gasteiger partial charge in [-0.2, -0.15) is 0 Å². The average Bonchev–Trinajstić information content (AvgIpc) is 2.46. The zero-order valence-electron chi connectivity index (χ0n) is 11.1. The van der Waals surface area contributed by atoms with E-state index in [1.165, 1.54) is 13.2 Å². The Hall–Kier alpha value is -1.54. The van der Waals surface area contributed by atoms with Gasteiger partial charge in [-0.15, -0.1) is 0 Å². The van der Waals surface area contributed by atoms with E-state index in [9.17, 15) is 10.1 Å². The van der Waals surface area contributed by atoms with Crippen molar-refractivity contribution in [2.24, 2.45) is 0 Å². The molecule has 0 bridgehead atoms. The summed E-state index contributed by atoms with van der Waals surface area (Å²) in [6.45, 7) is 0.475. The molecule has 7 heteroatoms. The largest absolute Gasteiger partial charge is 0.490 e. The van der Waals surface area contributed by atoms with Gasteiger partial charge in [-0.1, -0.05) is 17.7 Å². The molecule has 21 heavy (non-hydrogen) atoms. The van der Waals surface area contributed by atoms with Gasteiger partial charge in [0.2, 0.25) is 0 Å². The van der Waals surface area contributed by atoms with Gasteiger partial charge in [-0.25, -0.2) is 0 Å². The fourth-order valence-electron chi connectivity index (χ4n) is 1.82. The summed E-state index contributed by atoms with van der Waals surface area (Å²) in [5.74, 6) is 0.254. The fourth-order valence-corrected chi connectivity index (χ4v) is 2.88. The van der Waals surface area contributed by atoms with E-state index in [1.54, 1.807) is 18.2 Å². The third-order valence-corrected chi connectivity index (χ3v) is 3.98. The minimum atomic E-state index is -0.450. The van der Waals surface area contributed by atoms with Crippen LogP contribution in [0.3, 0.4) is 0 Å². The fraction of sp³-hybridized carbons (Fsp3) is 0.143. The van der Waals surface area contributed by atoms with Crippen molar-refractivity contribution in [3.8, 4) is 5.75 Å². The molecule has 2 aromatic rings. The van der Waals surface area contributed by atoms with Gasteiger partial charge in [0, 0.05) is 26.9 Å². The third-order valence-electron chi connectivity index (χ3n) is 2.85. The number of benzene rings is 2. The van der Waals surface area contributed by atoms with Crippen LogP contribution in [0, 0.1) is 13.7 Å². The van der Waals surface area contributed by atoms with Crippen molar-refractivity contribution in [1.29, 1.82) is 0 Å². The van der Waals surface area contributed by atoms with E-state index in [4.69, 9.17) is 16.3 Å². The Balaban J connectivity index is 2.16. The predicted octanol–water partition coefficient (Wildman–Crippen LogP) is 4.47. The minimum absolute atomic E-state index is 0.0393. The zero-order valence-corrected chi connectivity index (χ0v) is 14.0. The number of methoxy groups -OCH3 is 1. The van der Waals surface area contributed by atoms with E-state index in [-0.39, 0.29) is 11.4 Å². The molecule has 5 nitrogen and oxygen atoms in total. The Bertz CT molecular complexity index is 679. The smallest absolute Gasteiger partial charge is 0.311 e. The van der Waals surface area contributed by atoms with Crippen molar-refractivity contribution in [2.45, 2.75) is 6.54 Å². The van der Waals surface area contributed by atoms with Crippen LogP contribution in [0.5, 0.6) is 5.75 Å². The highest BCUT2D eigenvalue weighted by atomic mass is 127. The molecule has 0 saturated heterocycles. The second-order valence-electron chi connectivity index (χ2n) is 4.24. The van der Waals surface area contributed by atoms with Crippen molar-refractivity contribution in [1.82, 2.24) is 0 Å². The quantitative estimate of drug-likeness (QED) is 0.442. The zero-order chi connectivity index (χ0) is 15.4. The lowest BCUT2D eigenvalue weighted by atomic mass is 10.2. The highest BCUT2D eigenvalue weighted by Crippen LogP contribution is 2.28. The second kappa shape index (κ2) is 6.95. The molecular formula is C14H12ClIN2O3. The van der Waals surface area contributed by atoms with Crippen molar-refractivity contribution in [2.75, 3.05) is 12.4 Å². The number of hydrogen-bond acceptors (Lipinski definition) is 4. The van der Waals surface area contributed by atoms with Gasteiger partial charge in [-0.3, -0.25) is 10.1 Å². The molecule has 2 rings (SSSR count). The van der Waals surface area contributed by atoms with Crippen molar-refractivity contribution < 1.29 is 9.66 Å². The van der Waals surface area contributed by atoms with Crippen LogP contribution in [0.1, 0.15) is 5.56 Å². The molecule has 0 saturated carbocycles. The maximum Gasteiger partial charge on any atom is 0.311 e. The van der Waals surface area contributed by atoms with Gasteiger partial charge in [0.05, 0.1) is 12.0 Å². The molecule has 0 unspecified atom stereocenters. The number of rotatable bonds is 5. The van der Waals surface area contributed by atoms with Crippen LogP contribution in [0.4, 0.5) is 11.4 Å². The van der Waals surface area contributed by atoms with E-state index in [1.807, 2.05) is 12.1 Å². The molecule has 0 aromatic heterocycles. The Labute approximate surface area is 140 Å². The third kappa shape index (κ3) is 3.98. The molecule has 2 aromatic carbocycles. The average molecular weight is 419 g/mol. The van der Waals surface area contributed by atoms with E-state index in [0.29, 0.717) is 11.6 Å². The maximum atomic E-state index is 11.0. The first-order chi connectivity index (χ1) is 10.0. The van der Waals surface area contributed by atoms with Crippen LogP contribution in [-0.2, 0) is 6.54 Å². The van der Waals surface area contributed by atoms with Crippen LogP contribution in [0.2, 0.25) is 5.02 Å². The molecular weight excluding hydrogens is 407 g/mol. The van der Waals surface area contributed by atoms with Gasteiger partial charge in [0.25, 0.3) is 0 Å². The topological polar surface area (TPSA) is 64.4 Å². The number of halogens is 2. The molecule has 0 aliphatic rings. The molecule has 0 fully saturated rings. The van der Waals surface area contributed by atoms with Crippen LogP contribution in [0.25, 0.3) is 0 Å². The van der Waals surface area contributed by atoms with Gasteiger partial charge >= 0.3 is 5.69 Å². The summed E-state index contributed by atoms with van der Waals surface area (Å²) in [5.41, 5.74) is 1.69. The van der Waals surface area contributed by atoms with E-state index < -0.39 is 4.92 Å². The number of nitrogens with zero attached hydrogens (tertiary/aromatic N) is 1. The predicted molar refractivity (Wildman–Crippen MR) is 91.1 cm³/mol. The van der Waals surface area contributed by atoms with Gasteiger partial charge in [-0.05, 0) is 52.4 Å². The SMILES string of the molecule is COc1ccc(CNc2ccc(Cl)cc2I)cc1[N+](=O)[O-]. The Morgan fingerprint density at radius 3 is 2.71 bits per heavy atom. The first-order valence-electron chi connectivity index (χ1n) is 6.01. The van der Waals surface area contributed by atoms with Crippen molar-refractivity contribution in [3.05, 3.63) is 60.7 Å². The second-order valence-corrected chi connectivity index (χ2v) is 5.84. The standard InChI is InChI=1S/C14H12ClIN2O3/c1-21-14-5-2-9(6-13(14)18(19)20)8-17-12-4-3-10(15)7-11(12)16/h2-7,17H,8H2,1H3. The molecule has 0 radical (unpaired) electrons. The van der Waals surface area contributed by atoms with Crippen LogP contribution >= 0.6 is 34.2 Å². The molecule has 0 atom stereocenters. The molecule has 110 valence electrons. The Kier molecular flexibility index (Phi) is 5.24. The summed E-state index contributed by atoms with van der Waals surface area (Å²) < 4.78 is 5.97. The summed E-state index contributed by atoms with van der Waals surface area (Å²) in [7, 11) is 1.41. The molecule has 0 aliphatic heterocycles. The number of hydrogen-bond donors (Lipinski definition) is 1. The van der Waals surface area contributed by atoms with Crippen LogP contribution < -0.4 is 10.1 Å². The number of nitro groups is 1. The summed E-state index contributed by atoms with van der Waals surface area (Å²) in [6.07, 6.45) is 0. The van der Waals surface area contributed by atoms with Gasteiger partial charge in [0.15, 0.2) is 5.75 Å². The number of nitrogens with one attached hydrogen (secondary N) is 1. The first-order valence-corrected chi connectivity index (χ1v) is 7.47. The van der Waals surface area contributed by atoms with Gasteiger partial charge in [0.1, 0.15) is 0 Å². The minimum Gasteiger partial charge on any atom is -0.490 e. The van der Waals surface area contributed by atoms with E-state index in [0.717, 1.165) is 14.8 Å². The Morgan fingerprint density at radius 2 is 2.10 bits per heavy atom. The highest BCUT2D eigenvalue weighted by Gasteiger charge is 2.15.